The lowest BCUT2D eigenvalue weighted by molar-refractivity contribution is 0.0955. The molecule has 2 aromatic carbocycles. The zero-order valence-electron chi connectivity index (χ0n) is 12.9. The highest BCUT2D eigenvalue weighted by Gasteiger charge is 2.15. The summed E-state index contributed by atoms with van der Waals surface area (Å²) in [5, 5.41) is 3.31. The van der Waals surface area contributed by atoms with Crippen molar-refractivity contribution in [3.63, 3.8) is 0 Å². The largest absolute Gasteiger partial charge is 0.493 e. The lowest BCUT2D eigenvalue weighted by atomic mass is 10.1. The van der Waals surface area contributed by atoms with Crippen molar-refractivity contribution in [1.29, 1.82) is 0 Å². The van der Waals surface area contributed by atoms with Gasteiger partial charge in [-0.2, -0.15) is 0 Å². The number of amides is 1. The third kappa shape index (κ3) is 4.18. The number of carbonyl (C=O) groups excluding carboxylic acids is 1. The van der Waals surface area contributed by atoms with Gasteiger partial charge in [0, 0.05) is 5.56 Å². The van der Waals surface area contributed by atoms with E-state index in [0.29, 0.717) is 22.1 Å². The van der Waals surface area contributed by atoms with E-state index in [4.69, 9.17) is 21.1 Å². The first-order valence-electron chi connectivity index (χ1n) is 6.90. The molecule has 0 saturated carbocycles. The molecule has 0 saturated heterocycles. The van der Waals surface area contributed by atoms with E-state index in [1.54, 1.807) is 24.3 Å². The van der Waals surface area contributed by atoms with E-state index in [9.17, 15) is 4.79 Å². The van der Waals surface area contributed by atoms with E-state index in [0.717, 1.165) is 5.56 Å². The van der Waals surface area contributed by atoms with Gasteiger partial charge < -0.3 is 14.8 Å². The van der Waals surface area contributed by atoms with Crippen molar-refractivity contribution in [1.82, 2.24) is 5.32 Å². The molecule has 0 radical (unpaired) electrons. The number of benzene rings is 2. The third-order valence-corrected chi connectivity index (χ3v) is 3.41. The molecule has 0 atom stereocenters. The lowest BCUT2D eigenvalue weighted by Gasteiger charge is -2.11. The van der Waals surface area contributed by atoms with Crippen LogP contribution >= 0.6 is 11.6 Å². The Hall–Kier alpha value is -2.64. The Morgan fingerprint density at radius 2 is 1.91 bits per heavy atom. The summed E-state index contributed by atoms with van der Waals surface area (Å²) in [5.74, 6) is 6.40. The minimum absolute atomic E-state index is 0.199. The third-order valence-electron chi connectivity index (χ3n) is 3.08. The van der Waals surface area contributed by atoms with Gasteiger partial charge in [0.25, 0.3) is 5.91 Å². The Balaban J connectivity index is 2.06. The predicted octanol–water partition coefficient (Wildman–Crippen LogP) is 3.14. The van der Waals surface area contributed by atoms with E-state index in [1.165, 1.54) is 14.2 Å². The highest BCUT2D eigenvalue weighted by atomic mass is 35.5. The van der Waals surface area contributed by atoms with Crippen LogP contribution < -0.4 is 14.8 Å². The van der Waals surface area contributed by atoms with Crippen molar-refractivity contribution >= 4 is 17.5 Å². The molecule has 2 rings (SSSR count). The highest BCUT2D eigenvalue weighted by Crippen LogP contribution is 2.30. The van der Waals surface area contributed by atoms with Crippen LogP contribution in [0.15, 0.2) is 42.5 Å². The van der Waals surface area contributed by atoms with Crippen molar-refractivity contribution < 1.29 is 14.3 Å². The van der Waals surface area contributed by atoms with Crippen LogP contribution in [-0.2, 0) is 0 Å². The molecular formula is C18H16ClNO3. The number of rotatable bonds is 4. The lowest BCUT2D eigenvalue weighted by Crippen LogP contribution is -2.24. The van der Waals surface area contributed by atoms with Crippen LogP contribution in [0.5, 0.6) is 11.5 Å². The molecule has 0 aliphatic rings. The fourth-order valence-corrected chi connectivity index (χ4v) is 2.17. The van der Waals surface area contributed by atoms with Crippen molar-refractivity contribution in [2.45, 2.75) is 0 Å². The normalized spacial score (nSPS) is 9.52. The first-order chi connectivity index (χ1) is 11.2. The Labute approximate surface area is 140 Å². The molecule has 4 nitrogen and oxygen atoms in total. The first-order valence-corrected chi connectivity index (χ1v) is 7.27. The summed E-state index contributed by atoms with van der Waals surface area (Å²) in [6, 6.07) is 12.4. The summed E-state index contributed by atoms with van der Waals surface area (Å²) < 4.78 is 10.4. The van der Waals surface area contributed by atoms with Gasteiger partial charge in [0.2, 0.25) is 0 Å². The average molecular weight is 330 g/mol. The van der Waals surface area contributed by atoms with Crippen molar-refractivity contribution in [3.8, 4) is 23.3 Å². The Morgan fingerprint density at radius 3 is 2.61 bits per heavy atom. The topological polar surface area (TPSA) is 47.6 Å². The molecule has 0 spiro atoms. The van der Waals surface area contributed by atoms with Crippen LogP contribution in [0, 0.1) is 11.8 Å². The van der Waals surface area contributed by atoms with E-state index < -0.39 is 0 Å². The van der Waals surface area contributed by atoms with Crippen LogP contribution in [0.4, 0.5) is 0 Å². The van der Waals surface area contributed by atoms with Gasteiger partial charge >= 0.3 is 0 Å². The number of para-hydroxylation sites is 1. The van der Waals surface area contributed by atoms with E-state index >= 15 is 0 Å². The van der Waals surface area contributed by atoms with Crippen LogP contribution in [0.2, 0.25) is 5.02 Å². The van der Waals surface area contributed by atoms with Crippen LogP contribution in [-0.4, -0.2) is 26.7 Å². The second kappa shape index (κ2) is 8.11. The van der Waals surface area contributed by atoms with Gasteiger partial charge in [0.05, 0.1) is 31.4 Å². The summed E-state index contributed by atoms with van der Waals surface area (Å²) >= 11 is 6.01. The van der Waals surface area contributed by atoms with Crippen molar-refractivity contribution in [2.75, 3.05) is 20.8 Å². The molecule has 2 aromatic rings. The molecule has 118 valence electrons. The smallest absolute Gasteiger partial charge is 0.255 e. The van der Waals surface area contributed by atoms with Gasteiger partial charge in [0.15, 0.2) is 11.5 Å². The Kier molecular flexibility index (Phi) is 5.90. The summed E-state index contributed by atoms with van der Waals surface area (Å²) in [4.78, 5) is 12.2. The molecule has 0 aliphatic carbocycles. The minimum Gasteiger partial charge on any atom is -0.493 e. The van der Waals surface area contributed by atoms with E-state index in [-0.39, 0.29) is 12.5 Å². The van der Waals surface area contributed by atoms with E-state index in [2.05, 4.69) is 17.2 Å². The first kappa shape index (κ1) is 16.7. The molecule has 0 aliphatic heterocycles. The number of nitrogens with one attached hydrogen (secondary N) is 1. The van der Waals surface area contributed by atoms with Gasteiger partial charge in [-0.05, 0) is 24.3 Å². The van der Waals surface area contributed by atoms with Gasteiger partial charge in [0.1, 0.15) is 0 Å². The Bertz CT molecular complexity index is 762. The number of methoxy groups -OCH3 is 2. The maximum Gasteiger partial charge on any atom is 0.255 e. The summed E-state index contributed by atoms with van der Waals surface area (Å²) in [5.41, 5.74) is 1.12. The molecule has 0 aromatic heterocycles. The summed E-state index contributed by atoms with van der Waals surface area (Å²) in [6.45, 7) is 0.199. The van der Waals surface area contributed by atoms with E-state index in [1.807, 2.05) is 18.2 Å². The summed E-state index contributed by atoms with van der Waals surface area (Å²) in [7, 11) is 3.01. The SMILES string of the molecule is COc1cccc(C(=O)NCC#Cc2ccccc2Cl)c1OC. The standard InChI is InChI=1S/C18H16ClNO3/c1-22-16-11-5-9-14(17(16)23-2)18(21)20-12-6-8-13-7-3-4-10-15(13)19/h3-5,7,9-11H,12H2,1-2H3,(H,20,21). The highest BCUT2D eigenvalue weighted by molar-refractivity contribution is 6.31. The zero-order chi connectivity index (χ0) is 16.7. The molecule has 5 heteroatoms. The average Bonchev–Trinajstić information content (AvgIpc) is 2.59. The second-order valence-electron chi connectivity index (χ2n) is 4.51. The number of hydrogen-bond acceptors (Lipinski definition) is 3. The molecule has 1 N–H and O–H groups in total. The number of carbonyl (C=O) groups is 1. The quantitative estimate of drug-likeness (QED) is 0.877. The van der Waals surface area contributed by atoms with Crippen molar-refractivity contribution in [3.05, 3.63) is 58.6 Å². The molecule has 0 bridgehead atoms. The van der Waals surface area contributed by atoms with Crippen LogP contribution in [0.1, 0.15) is 15.9 Å². The molecule has 1 amide bonds. The molecular weight excluding hydrogens is 314 g/mol. The molecule has 0 fully saturated rings. The fraction of sp³-hybridized carbons (Fsp3) is 0.167. The van der Waals surface area contributed by atoms with Crippen LogP contribution in [0.3, 0.4) is 0 Å². The Morgan fingerprint density at radius 1 is 1.13 bits per heavy atom. The molecule has 0 unspecified atom stereocenters. The van der Waals surface area contributed by atoms with Gasteiger partial charge in [-0.15, -0.1) is 0 Å². The van der Waals surface area contributed by atoms with Gasteiger partial charge in [-0.1, -0.05) is 41.6 Å². The number of ether oxygens (including phenoxy) is 2. The molecule has 23 heavy (non-hydrogen) atoms. The van der Waals surface area contributed by atoms with Gasteiger partial charge in [-0.3, -0.25) is 4.79 Å². The summed E-state index contributed by atoms with van der Waals surface area (Å²) in [6.07, 6.45) is 0. The predicted molar refractivity (Wildman–Crippen MR) is 90.2 cm³/mol. The van der Waals surface area contributed by atoms with Crippen LogP contribution in [0.25, 0.3) is 0 Å². The van der Waals surface area contributed by atoms with Gasteiger partial charge in [-0.25, -0.2) is 0 Å². The maximum absolute atomic E-state index is 12.2. The van der Waals surface area contributed by atoms with Crippen molar-refractivity contribution in [2.24, 2.45) is 0 Å². The number of halogens is 1. The molecule has 0 heterocycles. The number of hydrogen-bond donors (Lipinski definition) is 1. The monoisotopic (exact) mass is 329 g/mol. The maximum atomic E-state index is 12.2. The zero-order valence-corrected chi connectivity index (χ0v) is 13.6. The fourth-order valence-electron chi connectivity index (χ4n) is 1.99. The minimum atomic E-state index is -0.283. The second-order valence-corrected chi connectivity index (χ2v) is 4.91.